The molecule has 0 rings (SSSR count). The second-order valence-electron chi connectivity index (χ2n) is 2.89. The van der Waals surface area contributed by atoms with Crippen molar-refractivity contribution in [1.29, 1.82) is 0 Å². The minimum atomic E-state index is 0.0358. The lowest BCUT2D eigenvalue weighted by Gasteiger charge is -2.04. The summed E-state index contributed by atoms with van der Waals surface area (Å²) in [6, 6.07) is 0. The number of rotatable bonds is 6. The van der Waals surface area contributed by atoms with Crippen molar-refractivity contribution in [2.45, 2.75) is 33.1 Å². The zero-order chi connectivity index (χ0) is 10.8. The molecule has 80 valence electrons. The van der Waals surface area contributed by atoms with Gasteiger partial charge in [0.15, 0.2) is 0 Å². The van der Waals surface area contributed by atoms with Gasteiger partial charge in [0, 0.05) is 18.7 Å². The molecular weight excluding hydrogens is 178 g/mol. The van der Waals surface area contributed by atoms with Gasteiger partial charge in [0.1, 0.15) is 0 Å². The van der Waals surface area contributed by atoms with Crippen LogP contribution in [0.3, 0.4) is 0 Å². The molecule has 0 spiro atoms. The Morgan fingerprint density at radius 3 is 2.57 bits per heavy atom. The van der Waals surface area contributed by atoms with Gasteiger partial charge in [-0.2, -0.15) is 0 Å². The number of amides is 1. The molecule has 0 unspecified atom stereocenters. The summed E-state index contributed by atoms with van der Waals surface area (Å²) < 4.78 is 0. The number of hydrogen-bond acceptors (Lipinski definition) is 2. The Morgan fingerprint density at radius 1 is 1.36 bits per heavy atom. The van der Waals surface area contributed by atoms with Gasteiger partial charge in [-0.15, -0.1) is 0 Å². The minimum absolute atomic E-state index is 0.0358. The molecule has 0 aromatic rings. The Bertz CT molecular complexity index is 219. The van der Waals surface area contributed by atoms with Crippen LogP contribution in [0.25, 0.3) is 0 Å². The Balaban J connectivity index is 4.04. The molecule has 3 nitrogen and oxygen atoms in total. The standard InChI is InChI=1S/C11H19NO2/c1-3-10(12-11(14)4-2)8-6-5-7-9-13/h5-6,8,13H,3-4,7,9H2,1-2H3,(H,12,14)/b6-5-,10-8+. The van der Waals surface area contributed by atoms with Crippen LogP contribution in [0.1, 0.15) is 33.1 Å². The van der Waals surface area contributed by atoms with E-state index in [-0.39, 0.29) is 12.5 Å². The zero-order valence-corrected chi connectivity index (χ0v) is 8.92. The molecule has 3 heteroatoms. The third kappa shape index (κ3) is 6.43. The number of nitrogens with one attached hydrogen (secondary N) is 1. The van der Waals surface area contributed by atoms with Crippen LogP contribution in [0.5, 0.6) is 0 Å². The van der Waals surface area contributed by atoms with E-state index in [9.17, 15) is 4.79 Å². The minimum Gasteiger partial charge on any atom is -0.396 e. The predicted molar refractivity (Wildman–Crippen MR) is 57.7 cm³/mol. The Hall–Kier alpha value is -1.09. The summed E-state index contributed by atoms with van der Waals surface area (Å²) in [7, 11) is 0. The number of aliphatic hydroxyl groups excluding tert-OH is 1. The molecule has 0 bridgehead atoms. The highest BCUT2D eigenvalue weighted by Crippen LogP contribution is 1.97. The third-order valence-corrected chi connectivity index (χ3v) is 1.73. The van der Waals surface area contributed by atoms with Crippen molar-refractivity contribution in [3.63, 3.8) is 0 Å². The summed E-state index contributed by atoms with van der Waals surface area (Å²) in [5, 5.41) is 11.3. The normalized spacial score (nSPS) is 12.1. The van der Waals surface area contributed by atoms with Crippen LogP contribution < -0.4 is 5.32 Å². The molecule has 0 heterocycles. The lowest BCUT2D eigenvalue weighted by atomic mass is 10.2. The number of aliphatic hydroxyl groups is 1. The summed E-state index contributed by atoms with van der Waals surface area (Å²) in [6.45, 7) is 3.97. The average Bonchev–Trinajstić information content (AvgIpc) is 2.22. The van der Waals surface area contributed by atoms with E-state index >= 15 is 0 Å². The van der Waals surface area contributed by atoms with Crippen LogP contribution in [0.15, 0.2) is 23.9 Å². The van der Waals surface area contributed by atoms with Crippen molar-refractivity contribution in [2.24, 2.45) is 0 Å². The summed E-state index contributed by atoms with van der Waals surface area (Å²) in [5.74, 6) is 0.0358. The molecule has 0 radical (unpaired) electrons. The molecule has 1 amide bonds. The topological polar surface area (TPSA) is 49.3 Å². The van der Waals surface area contributed by atoms with Gasteiger partial charge in [-0.1, -0.05) is 26.0 Å². The predicted octanol–water partition coefficient (Wildman–Crippen LogP) is 1.75. The first kappa shape index (κ1) is 12.9. The lowest BCUT2D eigenvalue weighted by Crippen LogP contribution is -2.20. The second kappa shape index (κ2) is 8.51. The maximum Gasteiger partial charge on any atom is 0.223 e. The molecule has 14 heavy (non-hydrogen) atoms. The van der Waals surface area contributed by atoms with E-state index < -0.39 is 0 Å². The van der Waals surface area contributed by atoms with Gasteiger partial charge >= 0.3 is 0 Å². The van der Waals surface area contributed by atoms with Crippen molar-refractivity contribution < 1.29 is 9.90 Å². The first-order valence-corrected chi connectivity index (χ1v) is 5.01. The quantitative estimate of drug-likeness (QED) is 0.637. The van der Waals surface area contributed by atoms with Crippen molar-refractivity contribution in [2.75, 3.05) is 6.61 Å². The molecule has 0 saturated heterocycles. The Morgan fingerprint density at radius 2 is 2.07 bits per heavy atom. The molecule has 0 aromatic heterocycles. The summed E-state index contributed by atoms with van der Waals surface area (Å²) in [5.41, 5.74) is 0.908. The largest absolute Gasteiger partial charge is 0.396 e. The maximum absolute atomic E-state index is 11.1. The summed E-state index contributed by atoms with van der Waals surface area (Å²) >= 11 is 0. The molecule has 0 aliphatic rings. The Labute approximate surface area is 85.5 Å². The SMILES string of the molecule is CCC(=O)N/C(=C/C=C\CCO)CC. The summed E-state index contributed by atoms with van der Waals surface area (Å²) in [6.07, 6.45) is 7.53. The fourth-order valence-electron chi connectivity index (χ4n) is 0.870. The maximum atomic E-state index is 11.1. The van der Waals surface area contributed by atoms with E-state index in [0.717, 1.165) is 12.1 Å². The van der Waals surface area contributed by atoms with E-state index in [4.69, 9.17) is 5.11 Å². The number of allylic oxidation sites excluding steroid dienone is 3. The fourth-order valence-corrected chi connectivity index (χ4v) is 0.870. The molecule has 2 N–H and O–H groups in total. The highest BCUT2D eigenvalue weighted by Gasteiger charge is 1.97. The average molecular weight is 197 g/mol. The van der Waals surface area contributed by atoms with Crippen molar-refractivity contribution >= 4 is 5.91 Å². The fraction of sp³-hybridized carbons (Fsp3) is 0.545. The van der Waals surface area contributed by atoms with Crippen molar-refractivity contribution in [3.8, 4) is 0 Å². The smallest absolute Gasteiger partial charge is 0.223 e. The van der Waals surface area contributed by atoms with Gasteiger partial charge in [-0.3, -0.25) is 4.79 Å². The van der Waals surface area contributed by atoms with Crippen LogP contribution >= 0.6 is 0 Å². The first-order valence-electron chi connectivity index (χ1n) is 5.01. The van der Waals surface area contributed by atoms with Crippen LogP contribution in [0, 0.1) is 0 Å². The van der Waals surface area contributed by atoms with Gasteiger partial charge in [0.25, 0.3) is 0 Å². The van der Waals surface area contributed by atoms with E-state index in [0.29, 0.717) is 12.8 Å². The van der Waals surface area contributed by atoms with Gasteiger partial charge in [-0.25, -0.2) is 0 Å². The number of hydrogen-bond donors (Lipinski definition) is 2. The summed E-state index contributed by atoms with van der Waals surface area (Å²) in [4.78, 5) is 11.1. The molecule has 0 aromatic carbocycles. The number of carbonyl (C=O) groups excluding carboxylic acids is 1. The van der Waals surface area contributed by atoms with E-state index in [1.165, 1.54) is 0 Å². The number of carbonyl (C=O) groups is 1. The van der Waals surface area contributed by atoms with Crippen molar-refractivity contribution in [1.82, 2.24) is 5.32 Å². The monoisotopic (exact) mass is 197 g/mol. The first-order chi connectivity index (χ1) is 6.74. The molecule has 0 aliphatic carbocycles. The van der Waals surface area contributed by atoms with Crippen LogP contribution in [0.2, 0.25) is 0 Å². The lowest BCUT2D eigenvalue weighted by molar-refractivity contribution is -0.120. The highest BCUT2D eigenvalue weighted by molar-refractivity contribution is 5.77. The molecule has 0 atom stereocenters. The van der Waals surface area contributed by atoms with Crippen LogP contribution in [-0.2, 0) is 4.79 Å². The van der Waals surface area contributed by atoms with Crippen molar-refractivity contribution in [3.05, 3.63) is 23.9 Å². The second-order valence-corrected chi connectivity index (χ2v) is 2.89. The van der Waals surface area contributed by atoms with E-state index in [2.05, 4.69) is 5.32 Å². The van der Waals surface area contributed by atoms with Crippen LogP contribution in [0.4, 0.5) is 0 Å². The Kier molecular flexibility index (Phi) is 7.84. The van der Waals surface area contributed by atoms with Crippen LogP contribution in [-0.4, -0.2) is 17.6 Å². The van der Waals surface area contributed by atoms with E-state index in [1.807, 2.05) is 32.1 Å². The molecular formula is C11H19NO2. The van der Waals surface area contributed by atoms with E-state index in [1.54, 1.807) is 0 Å². The highest BCUT2D eigenvalue weighted by atomic mass is 16.2. The van der Waals surface area contributed by atoms with Gasteiger partial charge in [0.05, 0.1) is 0 Å². The molecule has 0 fully saturated rings. The van der Waals surface area contributed by atoms with Gasteiger partial charge < -0.3 is 10.4 Å². The zero-order valence-electron chi connectivity index (χ0n) is 8.92. The molecule has 0 saturated carbocycles. The third-order valence-electron chi connectivity index (χ3n) is 1.73. The van der Waals surface area contributed by atoms with Gasteiger partial charge in [0.2, 0.25) is 5.91 Å². The molecule has 0 aliphatic heterocycles. The van der Waals surface area contributed by atoms with Gasteiger partial charge in [-0.05, 0) is 18.9 Å².